The number of benzene rings is 2. The van der Waals surface area contributed by atoms with Gasteiger partial charge in [-0.2, -0.15) is 0 Å². The van der Waals surface area contributed by atoms with E-state index in [1.54, 1.807) is 41.3 Å². The Bertz CT molecular complexity index is 721. The lowest BCUT2D eigenvalue weighted by Gasteiger charge is -2.17. The summed E-state index contributed by atoms with van der Waals surface area (Å²) in [6.07, 6.45) is 0.824. The number of nitrogens with one attached hydrogen (secondary N) is 1. The molecule has 0 aliphatic carbocycles. The van der Waals surface area contributed by atoms with Gasteiger partial charge in [-0.05, 0) is 36.2 Å². The first-order valence-corrected chi connectivity index (χ1v) is 8.28. The summed E-state index contributed by atoms with van der Waals surface area (Å²) in [5.41, 5.74) is 1.51. The van der Waals surface area contributed by atoms with E-state index in [2.05, 4.69) is 5.32 Å². The number of likely N-dealkylation sites (tertiary alicyclic amines) is 1. The lowest BCUT2D eigenvalue weighted by molar-refractivity contribution is 0.209. The lowest BCUT2D eigenvalue weighted by atomic mass is 10.1. The molecule has 3 rings (SSSR count). The molecule has 1 unspecified atom stereocenters. The van der Waals surface area contributed by atoms with E-state index in [-0.39, 0.29) is 24.4 Å². The van der Waals surface area contributed by atoms with Crippen LogP contribution in [0.25, 0.3) is 0 Å². The standard InChI is InChI=1S/C19H21FN2O3/c20-16-6-4-14(5-7-16)13-25-18-3-1-2-17(10-18)21-19(24)22-9-8-15(11-22)12-23/h1-7,10,15,23H,8-9,11-13H2,(H,21,24). The number of amides is 2. The predicted octanol–water partition coefficient (Wildman–Crippen LogP) is 3.25. The third-order valence-corrected chi connectivity index (χ3v) is 4.24. The Balaban J connectivity index is 1.56. The number of anilines is 1. The average Bonchev–Trinajstić information content (AvgIpc) is 3.11. The van der Waals surface area contributed by atoms with E-state index in [9.17, 15) is 9.18 Å². The van der Waals surface area contributed by atoms with Crippen molar-refractivity contribution in [2.45, 2.75) is 13.0 Å². The van der Waals surface area contributed by atoms with E-state index in [4.69, 9.17) is 9.84 Å². The average molecular weight is 344 g/mol. The number of carbonyl (C=O) groups is 1. The van der Waals surface area contributed by atoms with Crippen LogP contribution in [0.3, 0.4) is 0 Å². The van der Waals surface area contributed by atoms with Crippen LogP contribution < -0.4 is 10.1 Å². The number of rotatable bonds is 5. The normalized spacial score (nSPS) is 16.7. The summed E-state index contributed by atoms with van der Waals surface area (Å²) >= 11 is 0. The Hall–Kier alpha value is -2.60. The highest BCUT2D eigenvalue weighted by Gasteiger charge is 2.25. The number of nitrogens with zero attached hydrogens (tertiary/aromatic N) is 1. The first-order chi connectivity index (χ1) is 12.1. The number of aliphatic hydroxyl groups excluding tert-OH is 1. The molecule has 0 spiro atoms. The molecule has 0 bridgehead atoms. The van der Waals surface area contributed by atoms with Crippen LogP contribution in [0.2, 0.25) is 0 Å². The molecule has 5 nitrogen and oxygen atoms in total. The maximum atomic E-state index is 12.9. The molecule has 2 aromatic rings. The smallest absolute Gasteiger partial charge is 0.321 e. The molecular formula is C19H21FN2O3. The minimum atomic E-state index is -0.279. The van der Waals surface area contributed by atoms with Crippen molar-refractivity contribution in [2.75, 3.05) is 25.0 Å². The molecule has 2 amide bonds. The molecule has 0 aromatic heterocycles. The summed E-state index contributed by atoms with van der Waals surface area (Å²) in [6, 6.07) is 13.1. The zero-order valence-corrected chi connectivity index (χ0v) is 13.8. The van der Waals surface area contributed by atoms with Gasteiger partial charge in [-0.15, -0.1) is 0 Å². The Kier molecular flexibility index (Phi) is 5.50. The highest BCUT2D eigenvalue weighted by molar-refractivity contribution is 5.89. The van der Waals surface area contributed by atoms with Crippen molar-refractivity contribution < 1.29 is 19.0 Å². The second-order valence-electron chi connectivity index (χ2n) is 6.16. The van der Waals surface area contributed by atoms with E-state index in [0.717, 1.165) is 12.0 Å². The van der Waals surface area contributed by atoms with Crippen molar-refractivity contribution in [1.29, 1.82) is 0 Å². The van der Waals surface area contributed by atoms with E-state index < -0.39 is 0 Å². The highest BCUT2D eigenvalue weighted by atomic mass is 19.1. The number of ether oxygens (including phenoxy) is 1. The van der Waals surface area contributed by atoms with Gasteiger partial charge in [-0.3, -0.25) is 0 Å². The summed E-state index contributed by atoms with van der Waals surface area (Å²) in [6.45, 7) is 1.65. The molecule has 6 heteroatoms. The van der Waals surface area contributed by atoms with Gasteiger partial charge in [-0.1, -0.05) is 18.2 Å². The van der Waals surface area contributed by atoms with Crippen LogP contribution >= 0.6 is 0 Å². The lowest BCUT2D eigenvalue weighted by Crippen LogP contribution is -2.33. The van der Waals surface area contributed by atoms with E-state index >= 15 is 0 Å². The van der Waals surface area contributed by atoms with E-state index in [0.29, 0.717) is 31.1 Å². The zero-order chi connectivity index (χ0) is 17.6. The Morgan fingerprint density at radius 1 is 1.28 bits per heavy atom. The third kappa shape index (κ3) is 4.70. The van der Waals surface area contributed by atoms with Gasteiger partial charge in [0.25, 0.3) is 0 Å². The molecular weight excluding hydrogens is 323 g/mol. The molecule has 1 saturated heterocycles. The number of urea groups is 1. The summed E-state index contributed by atoms with van der Waals surface area (Å²) in [5, 5.41) is 12.0. The van der Waals surface area contributed by atoms with Crippen molar-refractivity contribution in [1.82, 2.24) is 4.90 Å². The number of hydrogen-bond donors (Lipinski definition) is 2. The van der Waals surface area contributed by atoms with Gasteiger partial charge >= 0.3 is 6.03 Å². The quantitative estimate of drug-likeness (QED) is 0.875. The van der Waals surface area contributed by atoms with Gasteiger partial charge in [0.15, 0.2) is 0 Å². The second-order valence-corrected chi connectivity index (χ2v) is 6.16. The van der Waals surface area contributed by atoms with Crippen LogP contribution in [0.15, 0.2) is 48.5 Å². The molecule has 132 valence electrons. The fourth-order valence-electron chi connectivity index (χ4n) is 2.78. The first kappa shape index (κ1) is 17.2. The third-order valence-electron chi connectivity index (χ3n) is 4.24. The summed E-state index contributed by atoms with van der Waals surface area (Å²) in [4.78, 5) is 14.0. The summed E-state index contributed by atoms with van der Waals surface area (Å²) < 4.78 is 18.6. The van der Waals surface area contributed by atoms with Crippen molar-refractivity contribution in [3.05, 3.63) is 59.9 Å². The molecule has 2 aromatic carbocycles. The van der Waals surface area contributed by atoms with Crippen molar-refractivity contribution in [3.8, 4) is 5.75 Å². The molecule has 0 saturated carbocycles. The van der Waals surface area contributed by atoms with Gasteiger partial charge < -0.3 is 20.1 Å². The second kappa shape index (κ2) is 7.98. The van der Waals surface area contributed by atoms with Crippen LogP contribution in [-0.4, -0.2) is 35.7 Å². The number of halogens is 1. The zero-order valence-electron chi connectivity index (χ0n) is 13.8. The van der Waals surface area contributed by atoms with Crippen LogP contribution in [0, 0.1) is 11.7 Å². The Labute approximate surface area is 146 Å². The molecule has 1 aliphatic heterocycles. The highest BCUT2D eigenvalue weighted by Crippen LogP contribution is 2.21. The molecule has 1 atom stereocenters. The Morgan fingerprint density at radius 3 is 2.80 bits per heavy atom. The minimum Gasteiger partial charge on any atom is -0.489 e. The molecule has 1 aliphatic rings. The van der Waals surface area contributed by atoms with Crippen LogP contribution in [-0.2, 0) is 6.61 Å². The maximum Gasteiger partial charge on any atom is 0.321 e. The van der Waals surface area contributed by atoms with Gasteiger partial charge in [0.1, 0.15) is 18.2 Å². The first-order valence-electron chi connectivity index (χ1n) is 8.28. The fraction of sp³-hybridized carbons (Fsp3) is 0.316. The van der Waals surface area contributed by atoms with E-state index in [1.165, 1.54) is 12.1 Å². The van der Waals surface area contributed by atoms with Crippen molar-refractivity contribution in [2.24, 2.45) is 5.92 Å². The fourth-order valence-corrected chi connectivity index (χ4v) is 2.78. The summed E-state index contributed by atoms with van der Waals surface area (Å²) in [5.74, 6) is 0.506. The van der Waals surface area contributed by atoms with Gasteiger partial charge in [-0.25, -0.2) is 9.18 Å². The molecule has 2 N–H and O–H groups in total. The SMILES string of the molecule is O=C(Nc1cccc(OCc2ccc(F)cc2)c1)N1CCC(CO)C1. The van der Waals surface area contributed by atoms with Crippen molar-refractivity contribution in [3.63, 3.8) is 0 Å². The van der Waals surface area contributed by atoms with Gasteiger partial charge in [0.2, 0.25) is 0 Å². The largest absolute Gasteiger partial charge is 0.489 e. The maximum absolute atomic E-state index is 12.9. The number of hydrogen-bond acceptors (Lipinski definition) is 3. The Morgan fingerprint density at radius 2 is 2.08 bits per heavy atom. The van der Waals surface area contributed by atoms with Crippen molar-refractivity contribution >= 4 is 11.7 Å². The molecule has 25 heavy (non-hydrogen) atoms. The number of aliphatic hydroxyl groups is 1. The van der Waals surface area contributed by atoms with Crippen LogP contribution in [0.5, 0.6) is 5.75 Å². The van der Waals surface area contributed by atoms with Crippen LogP contribution in [0.4, 0.5) is 14.9 Å². The number of carbonyl (C=O) groups excluding carboxylic acids is 1. The molecule has 1 heterocycles. The van der Waals surface area contributed by atoms with Gasteiger partial charge in [0, 0.05) is 37.4 Å². The molecule has 0 radical (unpaired) electrons. The topological polar surface area (TPSA) is 61.8 Å². The van der Waals surface area contributed by atoms with E-state index in [1.807, 2.05) is 0 Å². The monoisotopic (exact) mass is 344 g/mol. The van der Waals surface area contributed by atoms with Crippen LogP contribution in [0.1, 0.15) is 12.0 Å². The minimum absolute atomic E-state index is 0.108. The summed E-state index contributed by atoms with van der Waals surface area (Å²) in [7, 11) is 0. The predicted molar refractivity (Wildman–Crippen MR) is 93.0 cm³/mol. The molecule has 1 fully saturated rings. The van der Waals surface area contributed by atoms with Gasteiger partial charge in [0.05, 0.1) is 0 Å².